The van der Waals surface area contributed by atoms with Crippen LogP contribution in [0, 0.1) is 48.3 Å². The number of Topliss-reactive ketones (excluding diaryl/α,β-unsaturated/α-hetero) is 1. The fourth-order valence-corrected chi connectivity index (χ4v) is 11.9. The van der Waals surface area contributed by atoms with E-state index in [2.05, 4.69) is 89.5 Å². The number of carbonyl (C=O) groups excluding carboxylic acids is 6. The molecule has 526 valence electrons. The van der Waals surface area contributed by atoms with Crippen molar-refractivity contribution in [1.82, 2.24) is 51.3 Å². The molecule has 23 heteroatoms. The number of amides is 4. The number of nitrogens with zero attached hydrogens (tertiary/aromatic N) is 6. The number of hydrogen-bond acceptors (Lipinski definition) is 17. The van der Waals surface area contributed by atoms with Gasteiger partial charge in [0.2, 0.25) is 17.7 Å². The molecule has 4 N–H and O–H groups in total. The Hall–Kier alpha value is -7.60. The molecule has 0 spiro atoms. The topological polar surface area (TPSA) is 277 Å². The molecule has 2 saturated heterocycles. The van der Waals surface area contributed by atoms with Crippen molar-refractivity contribution in [1.29, 1.82) is 0 Å². The third-order valence-corrected chi connectivity index (χ3v) is 18.6. The van der Waals surface area contributed by atoms with Crippen molar-refractivity contribution in [2.45, 2.75) is 209 Å². The zero-order chi connectivity index (χ0) is 69.3. The molecule has 12 unspecified atom stereocenters. The molecule has 96 heavy (non-hydrogen) atoms. The molecule has 0 bridgehead atoms. The van der Waals surface area contributed by atoms with Gasteiger partial charge in [-0.2, -0.15) is 0 Å². The summed E-state index contributed by atoms with van der Waals surface area (Å²) in [5, 5.41) is 29.1. The van der Waals surface area contributed by atoms with Crippen LogP contribution < -0.4 is 26.0 Å². The van der Waals surface area contributed by atoms with Crippen molar-refractivity contribution in [2.75, 3.05) is 40.0 Å². The Labute approximate surface area is 567 Å². The first-order chi connectivity index (χ1) is 45.9. The molecule has 2 aliphatic rings. The number of ketones is 1. The van der Waals surface area contributed by atoms with E-state index in [4.69, 9.17) is 33.2 Å². The predicted octanol–water partition coefficient (Wildman–Crippen LogP) is 10.9. The van der Waals surface area contributed by atoms with Crippen molar-refractivity contribution >= 4 is 35.6 Å². The van der Waals surface area contributed by atoms with Crippen LogP contribution >= 0.6 is 0 Å². The quantitative estimate of drug-likeness (QED) is 0.0212. The number of carbonyl (C=O) groups is 6. The van der Waals surface area contributed by atoms with Gasteiger partial charge in [0.1, 0.15) is 40.7 Å². The van der Waals surface area contributed by atoms with Crippen molar-refractivity contribution < 1.29 is 61.9 Å². The van der Waals surface area contributed by atoms with Crippen LogP contribution in [0.3, 0.4) is 0 Å². The Morgan fingerprint density at radius 3 is 1.78 bits per heavy atom. The lowest BCUT2D eigenvalue weighted by atomic mass is 9.79. The number of aromatic nitrogens is 6. The van der Waals surface area contributed by atoms with Crippen molar-refractivity contribution in [3.63, 3.8) is 0 Å². The first-order valence-electron chi connectivity index (χ1n) is 34.6. The molecule has 23 nitrogen and oxygen atoms in total. The van der Waals surface area contributed by atoms with E-state index in [0.717, 1.165) is 40.2 Å². The lowest BCUT2D eigenvalue weighted by Gasteiger charge is -2.43. The van der Waals surface area contributed by atoms with Gasteiger partial charge in [-0.25, -0.2) is 19.0 Å². The summed E-state index contributed by atoms with van der Waals surface area (Å²) in [6.45, 7) is 24.9. The number of nitrogens with one attached hydrogen (secondary N) is 4. The Morgan fingerprint density at radius 2 is 1.18 bits per heavy atom. The van der Waals surface area contributed by atoms with E-state index < -0.39 is 48.3 Å². The first kappa shape index (κ1) is 75.8. The van der Waals surface area contributed by atoms with E-state index in [1.165, 1.54) is 0 Å². The molecular weight excluding hydrogens is 1220 g/mol. The SMILES string of the molecule is COc1cccc(-c2cn(CC3OC(OCC(C)CNC(=O)CCCCCNC(=O)CC[C@H](NC(=O)OC(C)(C)C)C(=O)NCCCCCC(=O)CCC(COC4OC(Cn5cc(-c6cccc(C)c6)nn5)C(C)C(C)C4C)OC(=O)c4ccccc4)C(C)C(C)C3C)nn2)c1. The second-order valence-electron chi connectivity index (χ2n) is 27.5. The van der Waals surface area contributed by atoms with Crippen LogP contribution in [0.5, 0.6) is 5.75 Å². The molecule has 2 fully saturated rings. The van der Waals surface area contributed by atoms with Crippen LogP contribution in [-0.2, 0) is 60.7 Å². The van der Waals surface area contributed by atoms with E-state index in [1.54, 1.807) is 52.1 Å². The molecule has 5 aromatic rings. The Bertz CT molecular complexity index is 3240. The molecule has 0 radical (unpaired) electrons. The molecule has 2 aliphatic heterocycles. The lowest BCUT2D eigenvalue weighted by molar-refractivity contribution is -0.257. The standard InChI is InChI=1S/C73H106N10O13/c1-47-24-22-27-56(38-47)62-41-82(80-78-62)44-65-52(6)50(4)54(8)71(95-65)92-46-60(93-69(88)55-25-16-13-17-26-55)33-32-58(84)29-18-14-21-37-75-68(87)61(77-72(89)96-73(9,10)11)34-35-67(86)74-36-20-15-19-31-66(85)76-40-48(2)45-91-70-53(7)49(3)51(5)64(94-70)43-83-42-63(79-81-83)57-28-23-30-59(39-57)90-12/h13,16-17,22-28,30,38-39,41-42,48-54,60-61,64-65,70-71H,14-15,18-21,29,31-37,40,43-46H2,1-12H3,(H,74,86)(H,75,87)(H,76,85)(H,77,89)/t48?,49?,50?,51?,52?,53?,54?,60?,61-,64?,65?,70?,71?/m0/s1. The van der Waals surface area contributed by atoms with Crippen LogP contribution in [0.15, 0.2) is 91.3 Å². The number of aryl methyl sites for hydroxylation is 1. The fraction of sp³-hybridized carbons (Fsp3) is 0.616. The third-order valence-electron chi connectivity index (χ3n) is 18.6. The Kier molecular flexibility index (Phi) is 29.8. The zero-order valence-corrected chi connectivity index (χ0v) is 58.6. The highest BCUT2D eigenvalue weighted by Gasteiger charge is 2.42. The minimum Gasteiger partial charge on any atom is -0.497 e. The van der Waals surface area contributed by atoms with Gasteiger partial charge in [0.25, 0.3) is 0 Å². The molecule has 3 aromatic carbocycles. The molecule has 13 atom stereocenters. The summed E-state index contributed by atoms with van der Waals surface area (Å²) in [5.74, 6) is 0.750. The van der Waals surface area contributed by atoms with Gasteiger partial charge < -0.3 is 54.4 Å². The summed E-state index contributed by atoms with van der Waals surface area (Å²) in [6, 6.07) is 23.5. The van der Waals surface area contributed by atoms with Crippen molar-refractivity contribution in [3.8, 4) is 28.3 Å². The maximum absolute atomic E-state index is 13.5. The predicted molar refractivity (Wildman–Crippen MR) is 364 cm³/mol. The highest BCUT2D eigenvalue weighted by molar-refractivity contribution is 5.89. The number of rotatable bonds is 37. The third kappa shape index (κ3) is 24.5. The molecule has 4 amide bonds. The van der Waals surface area contributed by atoms with Gasteiger partial charge >= 0.3 is 12.1 Å². The van der Waals surface area contributed by atoms with Crippen molar-refractivity contribution in [2.24, 2.45) is 41.4 Å². The molecular formula is C73H106N10O13. The van der Waals surface area contributed by atoms with Gasteiger partial charge in [0, 0.05) is 68.3 Å². The van der Waals surface area contributed by atoms with E-state index in [0.29, 0.717) is 89.2 Å². The highest BCUT2D eigenvalue weighted by atomic mass is 16.7. The summed E-state index contributed by atoms with van der Waals surface area (Å²) in [5.41, 5.74) is 4.17. The van der Waals surface area contributed by atoms with Crippen LogP contribution in [0.1, 0.15) is 162 Å². The van der Waals surface area contributed by atoms with Gasteiger partial charge in [-0.15, -0.1) is 10.2 Å². The van der Waals surface area contributed by atoms with Crippen LogP contribution in [-0.4, -0.2) is 148 Å². The number of esters is 1. The normalized spacial score (nSPS) is 22.0. The maximum Gasteiger partial charge on any atom is 0.408 e. The number of benzene rings is 3. The second-order valence-corrected chi connectivity index (χ2v) is 27.5. The number of methoxy groups -OCH3 is 1. The van der Waals surface area contributed by atoms with Gasteiger partial charge in [-0.3, -0.25) is 19.2 Å². The van der Waals surface area contributed by atoms with E-state index in [9.17, 15) is 28.8 Å². The van der Waals surface area contributed by atoms with Gasteiger partial charge in [-0.1, -0.05) is 126 Å². The molecule has 4 heterocycles. The average Bonchev–Trinajstić information content (AvgIpc) is 1.16. The summed E-state index contributed by atoms with van der Waals surface area (Å²) >= 11 is 0. The second kappa shape index (κ2) is 37.8. The summed E-state index contributed by atoms with van der Waals surface area (Å²) in [4.78, 5) is 78.8. The Balaban J connectivity index is 0.765. The molecule has 0 saturated carbocycles. The molecule has 2 aromatic heterocycles. The van der Waals surface area contributed by atoms with Gasteiger partial charge in [0.15, 0.2) is 12.6 Å². The fourth-order valence-electron chi connectivity index (χ4n) is 11.9. The Morgan fingerprint density at radius 1 is 0.604 bits per heavy atom. The number of unbranched alkanes of at least 4 members (excludes halogenated alkanes) is 4. The minimum atomic E-state index is -1.03. The summed E-state index contributed by atoms with van der Waals surface area (Å²) < 4.78 is 46.4. The maximum atomic E-state index is 13.5. The number of hydrogen-bond donors (Lipinski definition) is 4. The van der Waals surface area contributed by atoms with Gasteiger partial charge in [0.05, 0.1) is 63.6 Å². The van der Waals surface area contributed by atoms with Gasteiger partial charge in [-0.05, 0) is 126 Å². The average molecular weight is 1330 g/mol. The lowest BCUT2D eigenvalue weighted by Crippen LogP contribution is -2.48. The van der Waals surface area contributed by atoms with Crippen LogP contribution in [0.25, 0.3) is 22.5 Å². The minimum absolute atomic E-state index is 0.0100. The summed E-state index contributed by atoms with van der Waals surface area (Å²) in [7, 11) is 1.64. The first-order valence-corrected chi connectivity index (χ1v) is 34.6. The van der Waals surface area contributed by atoms with E-state index in [-0.39, 0.29) is 104 Å². The number of ether oxygens (including phenoxy) is 7. The summed E-state index contributed by atoms with van der Waals surface area (Å²) in [6.07, 6.45) is 5.91. The van der Waals surface area contributed by atoms with Crippen LogP contribution in [0.2, 0.25) is 0 Å². The zero-order valence-electron chi connectivity index (χ0n) is 58.6. The van der Waals surface area contributed by atoms with E-state index >= 15 is 0 Å². The molecule has 0 aliphatic carbocycles. The largest absolute Gasteiger partial charge is 0.497 e. The van der Waals surface area contributed by atoms with Crippen molar-refractivity contribution in [3.05, 3.63) is 102 Å². The van der Waals surface area contributed by atoms with E-state index in [1.807, 2.05) is 84.1 Å². The highest BCUT2D eigenvalue weighted by Crippen LogP contribution is 2.38. The molecule has 7 rings (SSSR count). The smallest absolute Gasteiger partial charge is 0.408 e. The number of alkyl carbamates (subject to hydrolysis) is 1. The monoisotopic (exact) mass is 1330 g/mol. The van der Waals surface area contributed by atoms with Crippen LogP contribution in [0.4, 0.5) is 4.79 Å².